The molecule has 0 unspecified atom stereocenters. The SMILES string of the molecule is CC(C)(C)OC(=O)COCCOCCOCCOCCCCCCI. The van der Waals surface area contributed by atoms with Crippen LogP contribution in [0.25, 0.3) is 0 Å². The van der Waals surface area contributed by atoms with Crippen molar-refractivity contribution in [1.29, 1.82) is 0 Å². The van der Waals surface area contributed by atoms with Crippen molar-refractivity contribution in [2.45, 2.75) is 52.1 Å². The van der Waals surface area contributed by atoms with Crippen LogP contribution in [0.15, 0.2) is 0 Å². The number of carbonyl (C=O) groups excluding carboxylic acids is 1. The molecule has 0 rings (SSSR count). The fourth-order valence-electron chi connectivity index (χ4n) is 1.84. The van der Waals surface area contributed by atoms with Gasteiger partial charge in [-0.1, -0.05) is 35.4 Å². The van der Waals surface area contributed by atoms with Crippen LogP contribution >= 0.6 is 22.6 Å². The van der Waals surface area contributed by atoms with Crippen molar-refractivity contribution in [3.63, 3.8) is 0 Å². The molecular formula is C18H35IO6. The van der Waals surface area contributed by atoms with Crippen LogP contribution in [0.3, 0.4) is 0 Å². The van der Waals surface area contributed by atoms with Crippen LogP contribution in [0.2, 0.25) is 0 Å². The molecule has 0 saturated carbocycles. The summed E-state index contributed by atoms with van der Waals surface area (Å²) in [6.45, 7) is 9.29. The van der Waals surface area contributed by atoms with Gasteiger partial charge in [0, 0.05) is 6.61 Å². The summed E-state index contributed by atoms with van der Waals surface area (Å²) in [7, 11) is 0. The molecule has 7 heteroatoms. The topological polar surface area (TPSA) is 63.2 Å². The first-order valence-electron chi connectivity index (χ1n) is 9.04. The van der Waals surface area contributed by atoms with E-state index in [2.05, 4.69) is 22.6 Å². The number of hydrogen-bond acceptors (Lipinski definition) is 6. The molecule has 0 N–H and O–H groups in total. The van der Waals surface area contributed by atoms with Crippen molar-refractivity contribution in [1.82, 2.24) is 0 Å². The maximum Gasteiger partial charge on any atom is 0.332 e. The predicted molar refractivity (Wildman–Crippen MR) is 106 cm³/mol. The van der Waals surface area contributed by atoms with Crippen LogP contribution in [-0.2, 0) is 28.5 Å². The minimum atomic E-state index is -0.479. The smallest absolute Gasteiger partial charge is 0.332 e. The van der Waals surface area contributed by atoms with Gasteiger partial charge in [0.2, 0.25) is 0 Å². The van der Waals surface area contributed by atoms with E-state index in [0.717, 1.165) is 13.0 Å². The Morgan fingerprint density at radius 3 is 1.72 bits per heavy atom. The third-order valence-corrected chi connectivity index (χ3v) is 3.69. The van der Waals surface area contributed by atoms with Crippen LogP contribution in [0.4, 0.5) is 0 Å². The number of rotatable bonds is 17. The van der Waals surface area contributed by atoms with E-state index in [4.69, 9.17) is 23.7 Å². The van der Waals surface area contributed by atoms with Crippen LogP contribution < -0.4 is 0 Å². The molecule has 0 amide bonds. The first-order valence-corrected chi connectivity index (χ1v) is 10.6. The highest BCUT2D eigenvalue weighted by Gasteiger charge is 2.15. The van der Waals surface area contributed by atoms with Crippen molar-refractivity contribution in [3.05, 3.63) is 0 Å². The Kier molecular flexibility index (Phi) is 17.5. The van der Waals surface area contributed by atoms with Crippen molar-refractivity contribution in [2.75, 3.05) is 57.3 Å². The molecule has 0 aliphatic rings. The second-order valence-corrected chi connectivity index (χ2v) is 7.66. The molecule has 25 heavy (non-hydrogen) atoms. The fourth-order valence-corrected chi connectivity index (χ4v) is 2.38. The molecule has 0 atom stereocenters. The molecule has 0 aliphatic carbocycles. The van der Waals surface area contributed by atoms with Gasteiger partial charge in [-0.15, -0.1) is 0 Å². The third-order valence-electron chi connectivity index (χ3n) is 2.93. The molecule has 0 aromatic rings. The lowest BCUT2D eigenvalue weighted by Gasteiger charge is -2.19. The summed E-state index contributed by atoms with van der Waals surface area (Å²) in [5.74, 6) is -0.360. The molecule has 0 bridgehead atoms. The summed E-state index contributed by atoms with van der Waals surface area (Å²) >= 11 is 2.41. The zero-order valence-electron chi connectivity index (χ0n) is 16.0. The highest BCUT2D eigenvalue weighted by atomic mass is 127. The lowest BCUT2D eigenvalue weighted by Crippen LogP contribution is -2.27. The molecule has 0 aromatic carbocycles. The molecule has 0 aliphatic heterocycles. The summed E-state index contributed by atoms with van der Waals surface area (Å²) in [6.07, 6.45) is 4.97. The normalized spacial score (nSPS) is 11.7. The predicted octanol–water partition coefficient (Wildman–Crippen LogP) is 3.39. The van der Waals surface area contributed by atoms with Gasteiger partial charge in [0.25, 0.3) is 0 Å². The summed E-state index contributed by atoms with van der Waals surface area (Å²) in [5, 5.41) is 0. The largest absolute Gasteiger partial charge is 0.458 e. The maximum absolute atomic E-state index is 11.4. The summed E-state index contributed by atoms with van der Waals surface area (Å²) in [4.78, 5) is 11.4. The Labute approximate surface area is 166 Å². The zero-order chi connectivity index (χ0) is 18.8. The number of carbonyl (C=O) groups is 1. The van der Waals surface area contributed by atoms with E-state index in [1.165, 1.54) is 23.7 Å². The van der Waals surface area contributed by atoms with E-state index in [0.29, 0.717) is 39.6 Å². The quantitative estimate of drug-likeness (QED) is 0.139. The van der Waals surface area contributed by atoms with Gasteiger partial charge in [0.05, 0.1) is 39.6 Å². The fraction of sp³-hybridized carbons (Fsp3) is 0.944. The first kappa shape index (κ1) is 25.0. The monoisotopic (exact) mass is 474 g/mol. The Hall–Kier alpha value is 0.0400. The average Bonchev–Trinajstić information content (AvgIpc) is 2.53. The first-order chi connectivity index (χ1) is 12.0. The van der Waals surface area contributed by atoms with Crippen LogP contribution in [-0.4, -0.2) is 68.9 Å². The summed E-state index contributed by atoms with van der Waals surface area (Å²) in [6, 6.07) is 0. The van der Waals surface area contributed by atoms with Gasteiger partial charge in [-0.3, -0.25) is 0 Å². The van der Waals surface area contributed by atoms with E-state index in [1.54, 1.807) is 0 Å². The minimum Gasteiger partial charge on any atom is -0.458 e. The number of esters is 1. The number of unbranched alkanes of at least 4 members (excludes halogenated alkanes) is 3. The van der Waals surface area contributed by atoms with Crippen LogP contribution in [0.5, 0.6) is 0 Å². The second-order valence-electron chi connectivity index (χ2n) is 6.58. The molecule has 0 saturated heterocycles. The van der Waals surface area contributed by atoms with Gasteiger partial charge < -0.3 is 23.7 Å². The van der Waals surface area contributed by atoms with Gasteiger partial charge in [-0.25, -0.2) is 4.79 Å². The lowest BCUT2D eigenvalue weighted by atomic mass is 10.2. The highest BCUT2D eigenvalue weighted by molar-refractivity contribution is 14.1. The number of ether oxygens (including phenoxy) is 5. The molecule has 0 aromatic heterocycles. The molecular weight excluding hydrogens is 439 g/mol. The minimum absolute atomic E-state index is 0.0491. The Morgan fingerprint density at radius 1 is 0.720 bits per heavy atom. The van der Waals surface area contributed by atoms with Gasteiger partial charge in [-0.05, 0) is 38.0 Å². The number of halogens is 1. The van der Waals surface area contributed by atoms with Gasteiger partial charge in [0.1, 0.15) is 12.2 Å². The molecule has 0 radical (unpaired) electrons. The van der Waals surface area contributed by atoms with E-state index in [9.17, 15) is 4.79 Å². The standard InChI is InChI=1S/C18H35IO6/c1-18(2,3)25-17(20)16-24-15-14-23-13-12-22-11-10-21-9-7-5-4-6-8-19/h4-16H2,1-3H3. The van der Waals surface area contributed by atoms with Gasteiger partial charge in [0.15, 0.2) is 0 Å². The van der Waals surface area contributed by atoms with E-state index >= 15 is 0 Å². The summed E-state index contributed by atoms with van der Waals surface area (Å²) in [5.41, 5.74) is -0.479. The third kappa shape index (κ3) is 22.0. The lowest BCUT2D eigenvalue weighted by molar-refractivity contribution is -0.160. The maximum atomic E-state index is 11.4. The van der Waals surface area contributed by atoms with Gasteiger partial charge in [-0.2, -0.15) is 0 Å². The zero-order valence-corrected chi connectivity index (χ0v) is 18.2. The van der Waals surface area contributed by atoms with Crippen molar-refractivity contribution in [3.8, 4) is 0 Å². The van der Waals surface area contributed by atoms with Crippen molar-refractivity contribution >= 4 is 28.6 Å². The Balaban J connectivity index is 3.13. The van der Waals surface area contributed by atoms with Gasteiger partial charge >= 0.3 is 5.97 Å². The Morgan fingerprint density at radius 2 is 1.20 bits per heavy atom. The molecule has 150 valence electrons. The van der Waals surface area contributed by atoms with Crippen LogP contribution in [0.1, 0.15) is 46.5 Å². The summed E-state index contributed by atoms with van der Waals surface area (Å²) < 4.78 is 27.8. The molecule has 0 heterocycles. The number of hydrogen-bond donors (Lipinski definition) is 0. The molecule has 6 nitrogen and oxygen atoms in total. The molecule has 0 fully saturated rings. The van der Waals surface area contributed by atoms with Crippen LogP contribution in [0, 0.1) is 0 Å². The number of alkyl halides is 1. The van der Waals surface area contributed by atoms with E-state index < -0.39 is 5.60 Å². The molecule has 0 spiro atoms. The van der Waals surface area contributed by atoms with E-state index in [1.807, 2.05) is 20.8 Å². The highest BCUT2D eigenvalue weighted by Crippen LogP contribution is 2.06. The second kappa shape index (κ2) is 17.5. The van der Waals surface area contributed by atoms with Crippen molar-refractivity contribution < 1.29 is 28.5 Å². The van der Waals surface area contributed by atoms with E-state index in [-0.39, 0.29) is 12.6 Å². The average molecular weight is 474 g/mol. The Bertz CT molecular complexity index is 306. The van der Waals surface area contributed by atoms with Crippen molar-refractivity contribution in [2.24, 2.45) is 0 Å².